The Morgan fingerprint density at radius 1 is 1.13 bits per heavy atom. The van der Waals surface area contributed by atoms with E-state index in [1.54, 1.807) is 0 Å². The molecule has 2 atom stereocenters. The van der Waals surface area contributed by atoms with Gasteiger partial charge in [0.05, 0.1) is 13.2 Å². The molecule has 0 saturated carbocycles. The van der Waals surface area contributed by atoms with Crippen LogP contribution in [0.15, 0.2) is 0 Å². The zero-order chi connectivity index (χ0) is 11.5. The molecule has 90 valence electrons. The van der Waals surface area contributed by atoms with Gasteiger partial charge in [0.15, 0.2) is 0 Å². The van der Waals surface area contributed by atoms with Crippen LogP contribution in [-0.4, -0.2) is 47.4 Å². The number of rotatable bonds is 3. The molecular formula is C11H21Br2NO. The predicted molar refractivity (Wildman–Crippen MR) is 72.1 cm³/mol. The largest absolute Gasteiger partial charge is 0.378 e. The number of hydrogen-bond acceptors (Lipinski definition) is 2. The molecular weight excluding hydrogens is 322 g/mol. The van der Waals surface area contributed by atoms with E-state index in [0.717, 1.165) is 30.4 Å². The van der Waals surface area contributed by atoms with Gasteiger partial charge in [0.25, 0.3) is 0 Å². The Balaban J connectivity index is 2.66. The highest BCUT2D eigenvalue weighted by Crippen LogP contribution is 2.23. The van der Waals surface area contributed by atoms with Crippen molar-refractivity contribution in [2.24, 2.45) is 5.41 Å². The maximum absolute atomic E-state index is 5.62. The molecule has 1 heterocycles. The minimum Gasteiger partial charge on any atom is -0.378 e. The van der Waals surface area contributed by atoms with Crippen LogP contribution < -0.4 is 0 Å². The van der Waals surface area contributed by atoms with E-state index in [2.05, 4.69) is 57.5 Å². The van der Waals surface area contributed by atoms with E-state index in [4.69, 9.17) is 4.74 Å². The van der Waals surface area contributed by atoms with Crippen LogP contribution in [0.2, 0.25) is 0 Å². The molecule has 1 fully saturated rings. The lowest BCUT2D eigenvalue weighted by Gasteiger charge is -2.43. The summed E-state index contributed by atoms with van der Waals surface area (Å²) in [5, 5.41) is 1.99. The van der Waals surface area contributed by atoms with Crippen molar-refractivity contribution < 1.29 is 4.74 Å². The molecule has 1 saturated heterocycles. The second-order valence-corrected chi connectivity index (χ2v) is 6.68. The first-order valence-corrected chi connectivity index (χ1v) is 7.67. The molecule has 1 aliphatic heterocycles. The van der Waals surface area contributed by atoms with Gasteiger partial charge in [-0.15, -0.1) is 0 Å². The molecule has 1 aliphatic rings. The molecule has 0 aromatic rings. The zero-order valence-corrected chi connectivity index (χ0v) is 13.0. The Hall–Kier alpha value is 0.880. The highest BCUT2D eigenvalue weighted by molar-refractivity contribution is 9.09. The van der Waals surface area contributed by atoms with Crippen LogP contribution in [0.4, 0.5) is 0 Å². The summed E-state index contributed by atoms with van der Waals surface area (Å²) in [7, 11) is 0. The van der Waals surface area contributed by atoms with Crippen LogP contribution >= 0.6 is 31.9 Å². The molecule has 0 radical (unpaired) electrons. The lowest BCUT2D eigenvalue weighted by atomic mass is 9.94. The standard InChI is InChI=1S/C11H21Br2NO/c1-11(2,3)8-14-9(4-12)6-15-7-10(14)5-13/h9-10H,4-8H2,1-3H3/t9-,10+. The summed E-state index contributed by atoms with van der Waals surface area (Å²) in [6, 6.07) is 1.03. The molecule has 0 N–H and O–H groups in total. The van der Waals surface area contributed by atoms with Gasteiger partial charge < -0.3 is 4.74 Å². The van der Waals surface area contributed by atoms with Gasteiger partial charge in [0.2, 0.25) is 0 Å². The van der Waals surface area contributed by atoms with E-state index in [1.807, 2.05) is 0 Å². The number of halogens is 2. The molecule has 0 aromatic carbocycles. The fraction of sp³-hybridized carbons (Fsp3) is 1.00. The topological polar surface area (TPSA) is 12.5 Å². The van der Waals surface area contributed by atoms with E-state index < -0.39 is 0 Å². The summed E-state index contributed by atoms with van der Waals surface area (Å²) < 4.78 is 5.62. The van der Waals surface area contributed by atoms with Crippen LogP contribution in [0.5, 0.6) is 0 Å². The number of nitrogens with zero attached hydrogens (tertiary/aromatic N) is 1. The third kappa shape index (κ3) is 4.33. The smallest absolute Gasteiger partial charge is 0.0630 e. The van der Waals surface area contributed by atoms with Crippen molar-refractivity contribution in [3.63, 3.8) is 0 Å². The molecule has 0 aliphatic carbocycles. The third-order valence-electron chi connectivity index (χ3n) is 2.57. The van der Waals surface area contributed by atoms with E-state index >= 15 is 0 Å². The van der Waals surface area contributed by atoms with Crippen molar-refractivity contribution in [1.82, 2.24) is 4.90 Å². The molecule has 0 bridgehead atoms. The lowest BCUT2D eigenvalue weighted by Crippen LogP contribution is -2.56. The van der Waals surface area contributed by atoms with Gasteiger partial charge in [0.1, 0.15) is 0 Å². The second-order valence-electron chi connectivity index (χ2n) is 5.39. The van der Waals surface area contributed by atoms with E-state index in [1.165, 1.54) is 0 Å². The van der Waals surface area contributed by atoms with Crippen LogP contribution in [0.1, 0.15) is 20.8 Å². The van der Waals surface area contributed by atoms with Crippen LogP contribution in [-0.2, 0) is 4.74 Å². The van der Waals surface area contributed by atoms with Crippen LogP contribution in [0, 0.1) is 5.41 Å². The zero-order valence-electron chi connectivity index (χ0n) is 9.80. The molecule has 4 heteroatoms. The second kappa shape index (κ2) is 5.99. The van der Waals surface area contributed by atoms with Gasteiger partial charge in [-0.2, -0.15) is 0 Å². The summed E-state index contributed by atoms with van der Waals surface area (Å²) in [5.41, 5.74) is 0.345. The number of ether oxygens (including phenoxy) is 1. The predicted octanol–water partition coefficient (Wildman–Crippen LogP) is 2.89. The Morgan fingerprint density at radius 2 is 1.60 bits per heavy atom. The Morgan fingerprint density at radius 3 is 1.93 bits per heavy atom. The third-order valence-corrected chi connectivity index (χ3v) is 4.07. The molecule has 15 heavy (non-hydrogen) atoms. The molecule has 2 nitrogen and oxygen atoms in total. The van der Waals surface area contributed by atoms with E-state index in [0.29, 0.717) is 17.5 Å². The van der Waals surface area contributed by atoms with Crippen LogP contribution in [0.25, 0.3) is 0 Å². The quantitative estimate of drug-likeness (QED) is 0.731. The molecule has 0 amide bonds. The number of alkyl halides is 2. The summed E-state index contributed by atoms with van der Waals surface area (Å²) in [6.45, 7) is 9.70. The Kier molecular flexibility index (Phi) is 5.57. The van der Waals surface area contributed by atoms with Gasteiger partial charge >= 0.3 is 0 Å². The van der Waals surface area contributed by atoms with Gasteiger partial charge in [-0.3, -0.25) is 4.90 Å². The van der Waals surface area contributed by atoms with Crippen molar-refractivity contribution >= 4 is 31.9 Å². The van der Waals surface area contributed by atoms with Crippen molar-refractivity contribution in [1.29, 1.82) is 0 Å². The van der Waals surface area contributed by atoms with Crippen molar-refractivity contribution in [2.45, 2.75) is 32.9 Å². The highest BCUT2D eigenvalue weighted by Gasteiger charge is 2.32. The lowest BCUT2D eigenvalue weighted by molar-refractivity contribution is -0.0452. The average molecular weight is 343 g/mol. The monoisotopic (exact) mass is 341 g/mol. The van der Waals surface area contributed by atoms with Gasteiger partial charge in [-0.05, 0) is 5.41 Å². The maximum Gasteiger partial charge on any atom is 0.0630 e. The SMILES string of the molecule is CC(C)(C)CN1[C@H](CBr)COC[C@@H]1CBr. The van der Waals surface area contributed by atoms with Crippen molar-refractivity contribution in [2.75, 3.05) is 30.4 Å². The number of morpholine rings is 1. The van der Waals surface area contributed by atoms with Crippen molar-refractivity contribution in [3.8, 4) is 0 Å². The first-order valence-electron chi connectivity index (χ1n) is 5.43. The molecule has 1 rings (SSSR count). The minimum atomic E-state index is 0.345. The Labute approximate surface area is 110 Å². The fourth-order valence-electron chi connectivity index (χ4n) is 1.90. The first-order chi connectivity index (χ1) is 6.98. The summed E-state index contributed by atoms with van der Waals surface area (Å²) in [4.78, 5) is 2.58. The minimum absolute atomic E-state index is 0.345. The van der Waals surface area contributed by atoms with E-state index in [-0.39, 0.29) is 0 Å². The maximum atomic E-state index is 5.62. The molecule has 0 unspecified atom stereocenters. The molecule has 0 aromatic heterocycles. The van der Waals surface area contributed by atoms with Gasteiger partial charge in [0, 0.05) is 29.3 Å². The first kappa shape index (κ1) is 13.9. The van der Waals surface area contributed by atoms with Crippen LogP contribution in [0.3, 0.4) is 0 Å². The van der Waals surface area contributed by atoms with Crippen molar-refractivity contribution in [3.05, 3.63) is 0 Å². The highest BCUT2D eigenvalue weighted by atomic mass is 79.9. The summed E-state index contributed by atoms with van der Waals surface area (Å²) in [5.74, 6) is 0. The summed E-state index contributed by atoms with van der Waals surface area (Å²) in [6.07, 6.45) is 0. The average Bonchev–Trinajstić information content (AvgIpc) is 2.16. The van der Waals surface area contributed by atoms with Gasteiger partial charge in [-0.1, -0.05) is 52.6 Å². The van der Waals surface area contributed by atoms with Gasteiger partial charge in [-0.25, -0.2) is 0 Å². The Bertz CT molecular complexity index is 182. The normalized spacial score (nSPS) is 29.4. The fourth-order valence-corrected chi connectivity index (χ4v) is 3.02. The summed E-state index contributed by atoms with van der Waals surface area (Å²) >= 11 is 7.16. The van der Waals surface area contributed by atoms with E-state index in [9.17, 15) is 0 Å². The number of hydrogen-bond donors (Lipinski definition) is 0. The molecule has 0 spiro atoms.